The molecule has 3 aromatic rings. The maximum atomic E-state index is 11.8. The summed E-state index contributed by atoms with van der Waals surface area (Å²) in [4.78, 5) is 22.7. The van der Waals surface area contributed by atoms with E-state index in [1.807, 2.05) is 30.3 Å². The second-order valence-electron chi connectivity index (χ2n) is 3.69. The lowest BCUT2D eigenvalue weighted by atomic mass is 10.1. The topological polar surface area (TPSA) is 58.6 Å². The first-order chi connectivity index (χ1) is 8.34. The third-order valence-electron chi connectivity index (χ3n) is 2.59. The normalized spacial score (nSPS) is 10.6. The van der Waals surface area contributed by atoms with Gasteiger partial charge in [-0.15, -0.1) is 0 Å². The van der Waals surface area contributed by atoms with Crippen LogP contribution in [0.15, 0.2) is 53.7 Å². The minimum atomic E-state index is -0.171. The lowest BCUT2D eigenvalue weighted by Gasteiger charge is -2.02. The van der Waals surface area contributed by atoms with E-state index in [2.05, 4.69) is 15.0 Å². The largest absolute Gasteiger partial charge is 0.320 e. The van der Waals surface area contributed by atoms with Gasteiger partial charge in [0.1, 0.15) is 5.52 Å². The molecule has 0 amide bonds. The van der Waals surface area contributed by atoms with Crippen molar-refractivity contribution in [3.05, 3.63) is 59.3 Å². The highest BCUT2D eigenvalue weighted by molar-refractivity contribution is 5.81. The molecule has 0 spiro atoms. The monoisotopic (exact) mass is 223 g/mol. The Morgan fingerprint density at radius 3 is 2.71 bits per heavy atom. The van der Waals surface area contributed by atoms with E-state index in [4.69, 9.17) is 0 Å². The van der Waals surface area contributed by atoms with Crippen molar-refractivity contribution >= 4 is 10.9 Å². The zero-order chi connectivity index (χ0) is 11.7. The van der Waals surface area contributed by atoms with Crippen LogP contribution >= 0.6 is 0 Å². The zero-order valence-electron chi connectivity index (χ0n) is 8.92. The van der Waals surface area contributed by atoms with E-state index in [0.717, 1.165) is 16.6 Å². The number of aromatic amines is 1. The molecular weight excluding hydrogens is 214 g/mol. The van der Waals surface area contributed by atoms with E-state index in [-0.39, 0.29) is 5.56 Å². The Morgan fingerprint density at radius 1 is 1.06 bits per heavy atom. The average molecular weight is 223 g/mol. The van der Waals surface area contributed by atoms with Gasteiger partial charge in [0.25, 0.3) is 5.56 Å². The molecule has 0 saturated carbocycles. The number of hydrogen-bond donors (Lipinski definition) is 1. The molecule has 0 unspecified atom stereocenters. The number of hydrogen-bond acceptors (Lipinski definition) is 3. The summed E-state index contributed by atoms with van der Waals surface area (Å²) >= 11 is 0. The summed E-state index contributed by atoms with van der Waals surface area (Å²) in [5.41, 5.74) is 2.00. The lowest BCUT2D eigenvalue weighted by Crippen LogP contribution is -2.08. The number of nitrogens with zero attached hydrogens (tertiary/aromatic N) is 2. The molecule has 0 atom stereocenters. The van der Waals surface area contributed by atoms with Crippen LogP contribution in [-0.2, 0) is 0 Å². The predicted molar refractivity (Wildman–Crippen MR) is 65.6 cm³/mol. The molecule has 0 aliphatic heterocycles. The molecular formula is C13H9N3O. The summed E-state index contributed by atoms with van der Waals surface area (Å²) in [6.45, 7) is 0. The van der Waals surface area contributed by atoms with Gasteiger partial charge >= 0.3 is 0 Å². The molecule has 0 fully saturated rings. The van der Waals surface area contributed by atoms with E-state index in [9.17, 15) is 4.79 Å². The Balaban J connectivity index is 2.30. The van der Waals surface area contributed by atoms with Gasteiger partial charge < -0.3 is 4.98 Å². The van der Waals surface area contributed by atoms with Gasteiger partial charge in [-0.2, -0.15) is 0 Å². The second-order valence-corrected chi connectivity index (χ2v) is 3.69. The third kappa shape index (κ3) is 1.69. The van der Waals surface area contributed by atoms with Crippen molar-refractivity contribution in [3.63, 3.8) is 0 Å². The number of fused-ring (bicyclic) bond motifs is 1. The van der Waals surface area contributed by atoms with Crippen LogP contribution in [0.3, 0.4) is 0 Å². The van der Waals surface area contributed by atoms with Crippen LogP contribution in [0.4, 0.5) is 0 Å². The van der Waals surface area contributed by atoms with E-state index in [0.29, 0.717) is 5.52 Å². The van der Waals surface area contributed by atoms with Crippen molar-refractivity contribution in [1.82, 2.24) is 15.0 Å². The summed E-state index contributed by atoms with van der Waals surface area (Å²) in [5.74, 6) is 0. The van der Waals surface area contributed by atoms with Gasteiger partial charge in [-0.3, -0.25) is 14.8 Å². The summed E-state index contributed by atoms with van der Waals surface area (Å²) in [7, 11) is 0. The van der Waals surface area contributed by atoms with Crippen LogP contribution in [0, 0.1) is 0 Å². The molecule has 17 heavy (non-hydrogen) atoms. The molecule has 82 valence electrons. The summed E-state index contributed by atoms with van der Waals surface area (Å²) < 4.78 is 0. The van der Waals surface area contributed by atoms with E-state index >= 15 is 0 Å². The van der Waals surface area contributed by atoms with Crippen LogP contribution in [0.25, 0.3) is 22.2 Å². The van der Waals surface area contributed by atoms with Crippen LogP contribution in [0.1, 0.15) is 0 Å². The van der Waals surface area contributed by atoms with Gasteiger partial charge in [0.05, 0.1) is 0 Å². The Labute approximate surface area is 97.0 Å². The third-order valence-corrected chi connectivity index (χ3v) is 2.59. The van der Waals surface area contributed by atoms with Gasteiger partial charge in [-0.1, -0.05) is 6.07 Å². The predicted octanol–water partition coefficient (Wildman–Crippen LogP) is 1.99. The van der Waals surface area contributed by atoms with Crippen LogP contribution in [0.2, 0.25) is 0 Å². The summed E-state index contributed by atoms with van der Waals surface area (Å²) in [6.07, 6.45) is 5.01. The highest BCUT2D eigenvalue weighted by atomic mass is 16.1. The Bertz CT molecular complexity index is 719. The fourth-order valence-electron chi connectivity index (χ4n) is 1.78. The molecule has 3 aromatic heterocycles. The molecule has 4 nitrogen and oxygen atoms in total. The van der Waals surface area contributed by atoms with E-state index < -0.39 is 0 Å². The molecule has 3 heterocycles. The molecule has 0 aliphatic carbocycles. The maximum absolute atomic E-state index is 11.8. The summed E-state index contributed by atoms with van der Waals surface area (Å²) in [6, 6.07) is 9.32. The number of aromatic nitrogens is 3. The van der Waals surface area contributed by atoms with Crippen molar-refractivity contribution in [2.75, 3.05) is 0 Å². The lowest BCUT2D eigenvalue weighted by molar-refractivity contribution is 1.23. The van der Waals surface area contributed by atoms with Crippen molar-refractivity contribution in [1.29, 1.82) is 0 Å². The second kappa shape index (κ2) is 3.83. The fourth-order valence-corrected chi connectivity index (χ4v) is 1.78. The fraction of sp³-hybridized carbons (Fsp3) is 0. The minimum Gasteiger partial charge on any atom is -0.320 e. The van der Waals surface area contributed by atoms with Gasteiger partial charge in [0, 0.05) is 35.2 Å². The number of pyridine rings is 3. The van der Waals surface area contributed by atoms with Crippen LogP contribution in [0.5, 0.6) is 0 Å². The Hall–Kier alpha value is -2.49. The standard InChI is InChI=1S/C13H9N3O/c17-13-12-10(2-1-5-15-12)8-11(16-13)9-3-6-14-7-4-9/h1-8H,(H,16,17). The first kappa shape index (κ1) is 9.72. The maximum Gasteiger partial charge on any atom is 0.274 e. The average Bonchev–Trinajstić information content (AvgIpc) is 2.40. The highest BCUT2D eigenvalue weighted by Gasteiger charge is 2.03. The van der Waals surface area contributed by atoms with Crippen molar-refractivity contribution in [2.24, 2.45) is 0 Å². The van der Waals surface area contributed by atoms with Crippen molar-refractivity contribution in [3.8, 4) is 11.3 Å². The molecule has 4 heteroatoms. The molecule has 1 N–H and O–H groups in total. The quantitative estimate of drug-likeness (QED) is 0.686. The molecule has 0 aromatic carbocycles. The molecule has 0 radical (unpaired) electrons. The number of nitrogens with one attached hydrogen (secondary N) is 1. The van der Waals surface area contributed by atoms with Crippen LogP contribution in [-0.4, -0.2) is 15.0 Å². The first-order valence-corrected chi connectivity index (χ1v) is 5.23. The Morgan fingerprint density at radius 2 is 1.88 bits per heavy atom. The zero-order valence-corrected chi connectivity index (χ0v) is 8.92. The highest BCUT2D eigenvalue weighted by Crippen LogP contribution is 2.17. The minimum absolute atomic E-state index is 0.171. The van der Waals surface area contributed by atoms with Crippen molar-refractivity contribution in [2.45, 2.75) is 0 Å². The molecule has 3 rings (SSSR count). The van der Waals surface area contributed by atoms with Gasteiger partial charge in [-0.05, 0) is 24.3 Å². The van der Waals surface area contributed by atoms with E-state index in [1.54, 1.807) is 18.6 Å². The molecule has 0 aliphatic rings. The first-order valence-electron chi connectivity index (χ1n) is 5.23. The molecule has 0 bridgehead atoms. The van der Waals surface area contributed by atoms with Gasteiger partial charge in [0.15, 0.2) is 0 Å². The smallest absolute Gasteiger partial charge is 0.274 e. The SMILES string of the molecule is O=c1[nH]c(-c2ccncc2)cc2cccnc12. The number of H-pyrrole nitrogens is 1. The van der Waals surface area contributed by atoms with Crippen LogP contribution < -0.4 is 5.56 Å². The van der Waals surface area contributed by atoms with Crippen molar-refractivity contribution < 1.29 is 0 Å². The van der Waals surface area contributed by atoms with E-state index in [1.165, 1.54) is 0 Å². The summed E-state index contributed by atoms with van der Waals surface area (Å²) in [5, 5.41) is 0.836. The molecule has 0 saturated heterocycles. The van der Waals surface area contributed by atoms with Gasteiger partial charge in [0.2, 0.25) is 0 Å². The van der Waals surface area contributed by atoms with Gasteiger partial charge in [-0.25, -0.2) is 0 Å². The Kier molecular flexibility index (Phi) is 2.19. The number of rotatable bonds is 1.